The molecule has 7 heteroatoms. The molecule has 0 N–H and O–H groups in total. The molecule has 1 fully saturated rings. The van der Waals surface area contributed by atoms with Crippen molar-refractivity contribution in [3.63, 3.8) is 0 Å². The Bertz CT molecular complexity index is 1050. The maximum absolute atomic E-state index is 12.8. The Hall–Kier alpha value is -2.22. The van der Waals surface area contributed by atoms with Gasteiger partial charge in [0.05, 0.1) is 11.4 Å². The van der Waals surface area contributed by atoms with E-state index in [-0.39, 0.29) is 0 Å². The Morgan fingerprint density at radius 1 is 0.963 bits per heavy atom. The van der Waals surface area contributed by atoms with E-state index in [0.29, 0.717) is 43.5 Å². The van der Waals surface area contributed by atoms with Crippen molar-refractivity contribution in [2.75, 3.05) is 26.2 Å². The van der Waals surface area contributed by atoms with Crippen molar-refractivity contribution in [1.29, 1.82) is 0 Å². The molecule has 2 heterocycles. The summed E-state index contributed by atoms with van der Waals surface area (Å²) in [6.45, 7) is 6.81. The van der Waals surface area contributed by atoms with Gasteiger partial charge in [-0.15, -0.1) is 0 Å². The first-order valence-corrected chi connectivity index (χ1v) is 10.5. The molecule has 0 amide bonds. The zero-order valence-corrected chi connectivity index (χ0v) is 16.4. The molecular formula is C20H23N3O3S. The molecular weight excluding hydrogens is 362 g/mol. The minimum Gasteiger partial charge on any atom is -0.439 e. The summed E-state index contributed by atoms with van der Waals surface area (Å²) < 4.78 is 33.0. The Morgan fingerprint density at radius 3 is 2.33 bits per heavy atom. The van der Waals surface area contributed by atoms with Crippen LogP contribution < -0.4 is 0 Å². The van der Waals surface area contributed by atoms with Gasteiger partial charge in [-0.3, -0.25) is 4.90 Å². The van der Waals surface area contributed by atoms with Crippen LogP contribution >= 0.6 is 0 Å². The van der Waals surface area contributed by atoms with E-state index in [0.717, 1.165) is 22.2 Å². The van der Waals surface area contributed by atoms with Crippen molar-refractivity contribution in [1.82, 2.24) is 14.2 Å². The van der Waals surface area contributed by atoms with Gasteiger partial charge in [0.15, 0.2) is 5.58 Å². The Labute approximate surface area is 159 Å². The number of fused-ring (bicyclic) bond motifs is 1. The van der Waals surface area contributed by atoms with E-state index in [4.69, 9.17) is 4.42 Å². The number of benzene rings is 2. The maximum atomic E-state index is 12.8. The third kappa shape index (κ3) is 3.76. The average Bonchev–Trinajstić information content (AvgIpc) is 3.04. The van der Waals surface area contributed by atoms with E-state index < -0.39 is 10.0 Å². The third-order valence-corrected chi connectivity index (χ3v) is 6.85. The van der Waals surface area contributed by atoms with E-state index in [9.17, 15) is 8.42 Å². The minimum atomic E-state index is -3.43. The summed E-state index contributed by atoms with van der Waals surface area (Å²) in [4.78, 5) is 7.09. The molecule has 0 radical (unpaired) electrons. The molecule has 3 aromatic rings. The van der Waals surface area contributed by atoms with Gasteiger partial charge in [-0.1, -0.05) is 23.8 Å². The zero-order chi connectivity index (χ0) is 19.0. The summed E-state index contributed by atoms with van der Waals surface area (Å²) in [5.41, 5.74) is 3.85. The molecule has 4 rings (SSSR count). The van der Waals surface area contributed by atoms with Crippen LogP contribution in [0.4, 0.5) is 0 Å². The summed E-state index contributed by atoms with van der Waals surface area (Å²) in [6.07, 6.45) is 0. The quantitative estimate of drug-likeness (QED) is 0.691. The van der Waals surface area contributed by atoms with Gasteiger partial charge in [0.25, 0.3) is 0 Å². The van der Waals surface area contributed by atoms with E-state index in [1.54, 1.807) is 16.4 Å². The molecule has 0 aliphatic carbocycles. The standard InChI is InChI=1S/C20H23N3O3S/c1-15-3-6-17(7-4-15)27(24,25)23-11-9-22(10-12-23)14-20-21-18-13-16(2)5-8-19(18)26-20/h3-8,13H,9-12,14H2,1-2H3. The van der Waals surface area contributed by atoms with E-state index >= 15 is 0 Å². The lowest BCUT2D eigenvalue weighted by molar-refractivity contribution is 0.169. The summed E-state index contributed by atoms with van der Waals surface area (Å²) in [6, 6.07) is 13.0. The predicted molar refractivity (Wildman–Crippen MR) is 104 cm³/mol. The first-order chi connectivity index (χ1) is 12.9. The van der Waals surface area contributed by atoms with E-state index in [1.807, 2.05) is 44.2 Å². The van der Waals surface area contributed by atoms with Crippen molar-refractivity contribution < 1.29 is 12.8 Å². The molecule has 142 valence electrons. The second-order valence-corrected chi connectivity index (χ2v) is 9.01. The molecule has 0 saturated carbocycles. The molecule has 1 aromatic heterocycles. The Balaban J connectivity index is 1.41. The second-order valence-electron chi connectivity index (χ2n) is 7.07. The first kappa shape index (κ1) is 18.2. The molecule has 1 saturated heterocycles. The minimum absolute atomic E-state index is 0.357. The van der Waals surface area contributed by atoms with Crippen LogP contribution in [0.5, 0.6) is 0 Å². The lowest BCUT2D eigenvalue weighted by Crippen LogP contribution is -2.48. The normalized spacial score (nSPS) is 16.8. The highest BCUT2D eigenvalue weighted by molar-refractivity contribution is 7.89. The van der Waals surface area contributed by atoms with Crippen LogP contribution in [0.1, 0.15) is 17.0 Å². The summed E-state index contributed by atoms with van der Waals surface area (Å²) in [5.74, 6) is 0.672. The van der Waals surface area contributed by atoms with Crippen LogP contribution in [0.2, 0.25) is 0 Å². The lowest BCUT2D eigenvalue weighted by atomic mass is 10.2. The lowest BCUT2D eigenvalue weighted by Gasteiger charge is -2.33. The number of aryl methyl sites for hydroxylation is 2. The van der Waals surface area contributed by atoms with Gasteiger partial charge in [-0.05, 0) is 43.7 Å². The van der Waals surface area contributed by atoms with Crippen molar-refractivity contribution in [2.45, 2.75) is 25.3 Å². The van der Waals surface area contributed by atoms with Gasteiger partial charge in [0.1, 0.15) is 5.52 Å². The Kier molecular flexibility index (Phi) is 4.75. The monoisotopic (exact) mass is 385 g/mol. The first-order valence-electron chi connectivity index (χ1n) is 9.07. The van der Waals surface area contributed by atoms with Crippen molar-refractivity contribution in [3.05, 3.63) is 59.5 Å². The van der Waals surface area contributed by atoms with Crippen molar-refractivity contribution in [3.8, 4) is 0 Å². The number of hydrogen-bond donors (Lipinski definition) is 0. The number of nitrogens with zero attached hydrogens (tertiary/aromatic N) is 3. The second kappa shape index (κ2) is 7.07. The highest BCUT2D eigenvalue weighted by Crippen LogP contribution is 2.21. The van der Waals surface area contributed by atoms with Gasteiger partial charge >= 0.3 is 0 Å². The molecule has 2 aromatic carbocycles. The van der Waals surface area contributed by atoms with Crippen LogP contribution in [-0.4, -0.2) is 48.8 Å². The number of piperazine rings is 1. The fourth-order valence-electron chi connectivity index (χ4n) is 3.33. The molecule has 27 heavy (non-hydrogen) atoms. The van der Waals surface area contributed by atoms with Crippen molar-refractivity contribution >= 4 is 21.1 Å². The summed E-state index contributed by atoms with van der Waals surface area (Å²) >= 11 is 0. The molecule has 0 unspecified atom stereocenters. The molecule has 0 atom stereocenters. The highest BCUT2D eigenvalue weighted by Gasteiger charge is 2.28. The fourth-order valence-corrected chi connectivity index (χ4v) is 4.75. The number of rotatable bonds is 4. The maximum Gasteiger partial charge on any atom is 0.243 e. The SMILES string of the molecule is Cc1ccc(S(=O)(=O)N2CCN(Cc3nc4cc(C)ccc4o3)CC2)cc1. The van der Waals surface area contributed by atoms with Gasteiger partial charge < -0.3 is 4.42 Å². The number of oxazole rings is 1. The molecule has 1 aliphatic rings. The highest BCUT2D eigenvalue weighted by atomic mass is 32.2. The van der Waals surface area contributed by atoms with Gasteiger partial charge in [-0.25, -0.2) is 13.4 Å². The number of sulfonamides is 1. The smallest absolute Gasteiger partial charge is 0.243 e. The fraction of sp³-hybridized carbons (Fsp3) is 0.350. The number of hydrogen-bond acceptors (Lipinski definition) is 5. The van der Waals surface area contributed by atoms with Crippen LogP contribution in [0.15, 0.2) is 51.8 Å². The predicted octanol–water partition coefficient (Wildman–Crippen LogP) is 2.95. The molecule has 0 spiro atoms. The van der Waals surface area contributed by atoms with Gasteiger partial charge in [0, 0.05) is 26.2 Å². The average molecular weight is 385 g/mol. The van der Waals surface area contributed by atoms with Crippen LogP contribution in [0, 0.1) is 13.8 Å². The van der Waals surface area contributed by atoms with Crippen LogP contribution in [0.3, 0.4) is 0 Å². The van der Waals surface area contributed by atoms with Crippen molar-refractivity contribution in [2.24, 2.45) is 0 Å². The molecule has 1 aliphatic heterocycles. The number of aromatic nitrogens is 1. The van der Waals surface area contributed by atoms with Gasteiger partial charge in [-0.2, -0.15) is 4.31 Å². The van der Waals surface area contributed by atoms with E-state index in [1.165, 1.54) is 0 Å². The van der Waals surface area contributed by atoms with Crippen LogP contribution in [-0.2, 0) is 16.6 Å². The summed E-state index contributed by atoms with van der Waals surface area (Å²) in [7, 11) is -3.43. The summed E-state index contributed by atoms with van der Waals surface area (Å²) in [5, 5.41) is 0. The zero-order valence-electron chi connectivity index (χ0n) is 15.6. The van der Waals surface area contributed by atoms with E-state index in [2.05, 4.69) is 9.88 Å². The topological polar surface area (TPSA) is 66.7 Å². The molecule has 0 bridgehead atoms. The largest absolute Gasteiger partial charge is 0.439 e. The molecule has 6 nitrogen and oxygen atoms in total. The van der Waals surface area contributed by atoms with Crippen LogP contribution in [0.25, 0.3) is 11.1 Å². The van der Waals surface area contributed by atoms with Gasteiger partial charge in [0.2, 0.25) is 15.9 Å². The third-order valence-electron chi connectivity index (χ3n) is 4.94. The Morgan fingerprint density at radius 2 is 1.63 bits per heavy atom.